The lowest BCUT2D eigenvalue weighted by Crippen LogP contribution is -2.59. The summed E-state index contributed by atoms with van der Waals surface area (Å²) in [6.07, 6.45) is -3.97. The summed E-state index contributed by atoms with van der Waals surface area (Å²) in [6, 6.07) is 5.11. The van der Waals surface area contributed by atoms with Crippen molar-refractivity contribution in [2.75, 3.05) is 20.3 Å². The average molecular weight is 496 g/mol. The molecule has 1 fully saturated rings. The standard InChI is InChI=1S/C23H24F4N4O4/c1-30-18(20(32)31-22(21(29)33)8-9-34-12-22)16-10-14(6-7-17(16)28)35-11-13-4-2-3-5-15(13)19(24)23(25,26)27/h2-7,10,19,28,30H,8-9,11-12H2,1H3,(H2,29,33)(H,31,32)/b18-16-,28-17?. The maximum atomic E-state index is 13.9. The van der Waals surface area contributed by atoms with Gasteiger partial charge in [0.25, 0.3) is 5.91 Å². The van der Waals surface area contributed by atoms with Crippen LogP contribution in [0, 0.1) is 5.41 Å². The normalized spacial score (nSPS) is 22.3. The van der Waals surface area contributed by atoms with Crippen LogP contribution in [0.2, 0.25) is 0 Å². The number of hydrogen-bond acceptors (Lipinski definition) is 6. The Kier molecular flexibility index (Phi) is 7.64. The first-order valence-corrected chi connectivity index (χ1v) is 10.5. The number of ether oxygens (including phenoxy) is 2. The Balaban J connectivity index is 1.84. The predicted octanol–water partition coefficient (Wildman–Crippen LogP) is 2.48. The number of primary amides is 1. The van der Waals surface area contributed by atoms with Gasteiger partial charge in [-0.15, -0.1) is 0 Å². The molecular formula is C23H24F4N4O4. The summed E-state index contributed by atoms with van der Waals surface area (Å²) in [7, 11) is 1.44. The molecule has 2 unspecified atom stereocenters. The number of rotatable bonds is 8. The van der Waals surface area contributed by atoms with E-state index in [-0.39, 0.29) is 54.5 Å². The molecule has 5 N–H and O–H groups in total. The molecule has 1 heterocycles. The van der Waals surface area contributed by atoms with Crippen molar-refractivity contribution in [2.24, 2.45) is 5.73 Å². The van der Waals surface area contributed by atoms with Gasteiger partial charge in [0.1, 0.15) is 23.6 Å². The maximum absolute atomic E-state index is 13.9. The minimum Gasteiger partial charge on any atom is -0.489 e. The molecule has 0 bridgehead atoms. The first-order valence-electron chi connectivity index (χ1n) is 10.5. The Labute approximate surface area is 198 Å². The minimum absolute atomic E-state index is 0.00554. The zero-order valence-electron chi connectivity index (χ0n) is 18.7. The second-order valence-electron chi connectivity index (χ2n) is 7.93. The second kappa shape index (κ2) is 10.3. The predicted molar refractivity (Wildman–Crippen MR) is 118 cm³/mol. The first-order chi connectivity index (χ1) is 16.5. The number of nitrogens with one attached hydrogen (secondary N) is 3. The number of allylic oxidation sites excluding steroid dienone is 4. The zero-order chi connectivity index (χ0) is 25.8. The molecule has 2 amide bonds. The van der Waals surface area contributed by atoms with Crippen molar-refractivity contribution in [3.63, 3.8) is 0 Å². The van der Waals surface area contributed by atoms with E-state index in [1.807, 2.05) is 0 Å². The molecule has 1 aliphatic carbocycles. The highest BCUT2D eigenvalue weighted by Gasteiger charge is 2.43. The van der Waals surface area contributed by atoms with Crippen molar-refractivity contribution >= 4 is 17.5 Å². The molecule has 8 nitrogen and oxygen atoms in total. The van der Waals surface area contributed by atoms with Crippen molar-refractivity contribution in [2.45, 2.75) is 30.9 Å². The smallest absolute Gasteiger partial charge is 0.423 e. The van der Waals surface area contributed by atoms with Crippen LogP contribution in [-0.4, -0.2) is 49.5 Å². The van der Waals surface area contributed by atoms with E-state index in [9.17, 15) is 27.2 Å². The van der Waals surface area contributed by atoms with Crippen LogP contribution in [0.4, 0.5) is 17.6 Å². The summed E-state index contributed by atoms with van der Waals surface area (Å²) in [5.74, 6) is -1.34. The number of carbonyl (C=O) groups is 2. The first kappa shape index (κ1) is 25.9. The molecule has 12 heteroatoms. The van der Waals surface area contributed by atoms with Crippen molar-refractivity contribution in [1.82, 2.24) is 10.6 Å². The molecule has 2 atom stereocenters. The monoisotopic (exact) mass is 496 g/mol. The topological polar surface area (TPSA) is 127 Å². The van der Waals surface area contributed by atoms with E-state index in [1.54, 1.807) is 0 Å². The lowest BCUT2D eigenvalue weighted by Gasteiger charge is -2.26. The lowest BCUT2D eigenvalue weighted by molar-refractivity contribution is -0.183. The van der Waals surface area contributed by atoms with E-state index in [1.165, 1.54) is 43.5 Å². The number of carbonyl (C=O) groups excluding carboxylic acids is 2. The van der Waals surface area contributed by atoms with Crippen LogP contribution in [0.15, 0.2) is 59.5 Å². The molecule has 1 saturated heterocycles. The van der Waals surface area contributed by atoms with E-state index in [0.29, 0.717) is 0 Å². The van der Waals surface area contributed by atoms with E-state index in [0.717, 1.165) is 6.07 Å². The lowest BCUT2D eigenvalue weighted by atomic mass is 9.96. The van der Waals surface area contributed by atoms with E-state index in [2.05, 4.69) is 10.6 Å². The number of likely N-dealkylation sites (N-methyl/N-ethyl adjacent to an activating group) is 1. The SMILES string of the molecule is CN/C(C(=O)NC1(C(N)=O)CCOC1)=C1/C=C(OCc2ccccc2C(F)C(F)(F)F)C=CC1=N. The fraction of sp³-hybridized carbons (Fsp3) is 0.348. The average Bonchev–Trinajstić information content (AvgIpc) is 3.29. The molecule has 1 aromatic carbocycles. The Morgan fingerprint density at radius 2 is 2.00 bits per heavy atom. The number of amides is 2. The van der Waals surface area contributed by atoms with Gasteiger partial charge in [-0.3, -0.25) is 9.59 Å². The van der Waals surface area contributed by atoms with Gasteiger partial charge in [-0.2, -0.15) is 13.2 Å². The van der Waals surface area contributed by atoms with Gasteiger partial charge in [0.05, 0.1) is 12.3 Å². The van der Waals surface area contributed by atoms with Crippen molar-refractivity contribution in [1.29, 1.82) is 5.41 Å². The maximum Gasteiger partial charge on any atom is 0.423 e. The third-order valence-corrected chi connectivity index (χ3v) is 5.59. The van der Waals surface area contributed by atoms with Crippen molar-refractivity contribution in [3.8, 4) is 0 Å². The van der Waals surface area contributed by atoms with Crippen LogP contribution >= 0.6 is 0 Å². The van der Waals surface area contributed by atoms with Crippen LogP contribution < -0.4 is 16.4 Å². The van der Waals surface area contributed by atoms with Crippen LogP contribution in [0.1, 0.15) is 23.7 Å². The van der Waals surface area contributed by atoms with Crippen LogP contribution in [0.5, 0.6) is 0 Å². The molecule has 1 aliphatic heterocycles. The van der Waals surface area contributed by atoms with E-state index < -0.39 is 35.3 Å². The fourth-order valence-corrected chi connectivity index (χ4v) is 3.64. The fourth-order valence-electron chi connectivity index (χ4n) is 3.64. The highest BCUT2D eigenvalue weighted by atomic mass is 19.4. The third-order valence-electron chi connectivity index (χ3n) is 5.59. The summed E-state index contributed by atoms with van der Waals surface area (Å²) in [4.78, 5) is 24.9. The molecule has 0 aromatic heterocycles. The number of hydrogen-bond donors (Lipinski definition) is 4. The van der Waals surface area contributed by atoms with Gasteiger partial charge in [0.2, 0.25) is 12.1 Å². The van der Waals surface area contributed by atoms with Gasteiger partial charge in [-0.25, -0.2) is 4.39 Å². The zero-order valence-corrected chi connectivity index (χ0v) is 18.7. The van der Waals surface area contributed by atoms with Crippen LogP contribution in [-0.2, 0) is 25.7 Å². The molecular weight excluding hydrogens is 472 g/mol. The van der Waals surface area contributed by atoms with Crippen molar-refractivity contribution in [3.05, 3.63) is 70.6 Å². The molecule has 0 radical (unpaired) electrons. The summed E-state index contributed by atoms with van der Waals surface area (Å²) in [5.41, 5.74) is 3.48. The van der Waals surface area contributed by atoms with E-state index in [4.69, 9.17) is 20.6 Å². The Hall–Kier alpha value is -3.67. The van der Waals surface area contributed by atoms with Gasteiger partial charge in [0, 0.05) is 31.2 Å². The molecule has 3 rings (SSSR count). The molecule has 188 valence electrons. The second-order valence-corrected chi connectivity index (χ2v) is 7.93. The minimum atomic E-state index is -5.06. The highest BCUT2D eigenvalue weighted by Crippen LogP contribution is 2.37. The number of halogens is 4. The molecule has 35 heavy (non-hydrogen) atoms. The summed E-state index contributed by atoms with van der Waals surface area (Å²) in [5, 5.41) is 13.4. The van der Waals surface area contributed by atoms with Gasteiger partial charge < -0.3 is 31.3 Å². The number of benzene rings is 1. The molecule has 1 aromatic rings. The summed E-state index contributed by atoms with van der Waals surface area (Å²) < 4.78 is 63.4. The van der Waals surface area contributed by atoms with Crippen LogP contribution in [0.25, 0.3) is 0 Å². The van der Waals surface area contributed by atoms with Gasteiger partial charge in [0.15, 0.2) is 0 Å². The third kappa shape index (κ3) is 5.70. The summed E-state index contributed by atoms with van der Waals surface area (Å²) in [6.45, 7) is -0.234. The largest absolute Gasteiger partial charge is 0.489 e. The Morgan fingerprint density at radius 1 is 1.29 bits per heavy atom. The Morgan fingerprint density at radius 3 is 2.60 bits per heavy atom. The molecule has 0 spiro atoms. The summed E-state index contributed by atoms with van der Waals surface area (Å²) >= 11 is 0. The Bertz CT molecular complexity index is 1100. The quantitative estimate of drug-likeness (QED) is 0.325. The molecule has 0 saturated carbocycles. The highest BCUT2D eigenvalue weighted by molar-refractivity contribution is 6.15. The van der Waals surface area contributed by atoms with Gasteiger partial charge >= 0.3 is 6.18 Å². The van der Waals surface area contributed by atoms with Gasteiger partial charge in [-0.1, -0.05) is 24.3 Å². The number of nitrogens with two attached hydrogens (primary N) is 1. The van der Waals surface area contributed by atoms with Crippen LogP contribution in [0.3, 0.4) is 0 Å². The van der Waals surface area contributed by atoms with E-state index >= 15 is 0 Å². The van der Waals surface area contributed by atoms with Crippen molar-refractivity contribution < 1.29 is 36.6 Å². The van der Waals surface area contributed by atoms with Gasteiger partial charge in [-0.05, 0) is 23.8 Å². The number of alkyl halides is 4. The molecule has 2 aliphatic rings.